The molecule has 0 radical (unpaired) electrons. The number of hydrogen-bond donors (Lipinski definition) is 1. The molecule has 1 rings (SSSR count). The van der Waals surface area contributed by atoms with Crippen LogP contribution in [0.2, 0.25) is 0 Å². The Morgan fingerprint density at radius 3 is 2.77 bits per heavy atom. The maximum atomic E-state index is 5.90. The Balaban J connectivity index is 2.53. The Hall–Kier alpha value is -0.120. The molecule has 3 nitrogen and oxygen atoms in total. The van der Waals surface area contributed by atoms with Gasteiger partial charge in [-0.15, -0.1) is 0 Å². The van der Waals surface area contributed by atoms with Crippen LogP contribution in [0.25, 0.3) is 0 Å². The van der Waals surface area contributed by atoms with Crippen molar-refractivity contribution in [2.45, 2.75) is 45.3 Å². The van der Waals surface area contributed by atoms with E-state index in [4.69, 9.17) is 10.5 Å². The molecule has 1 aliphatic rings. The summed E-state index contributed by atoms with van der Waals surface area (Å²) >= 11 is 0. The molecule has 3 unspecified atom stereocenters. The van der Waals surface area contributed by atoms with E-state index >= 15 is 0 Å². The minimum absolute atomic E-state index is 0.243. The van der Waals surface area contributed by atoms with Crippen molar-refractivity contribution in [1.82, 2.24) is 4.90 Å². The third kappa shape index (κ3) is 2.66. The van der Waals surface area contributed by atoms with Crippen LogP contribution in [0.15, 0.2) is 0 Å². The molecule has 1 fully saturated rings. The average molecular weight is 186 g/mol. The van der Waals surface area contributed by atoms with E-state index in [0.717, 1.165) is 26.2 Å². The quantitative estimate of drug-likeness (QED) is 0.709. The molecular weight excluding hydrogens is 164 g/mol. The Morgan fingerprint density at radius 2 is 2.23 bits per heavy atom. The van der Waals surface area contributed by atoms with Crippen LogP contribution in [0.4, 0.5) is 0 Å². The second kappa shape index (κ2) is 4.94. The summed E-state index contributed by atoms with van der Waals surface area (Å²) in [7, 11) is 0. The maximum absolute atomic E-state index is 5.90. The molecule has 78 valence electrons. The molecule has 1 saturated heterocycles. The van der Waals surface area contributed by atoms with Crippen LogP contribution in [-0.4, -0.2) is 42.8 Å². The molecule has 0 spiro atoms. The lowest BCUT2D eigenvalue weighted by atomic mass is 10.1. The fourth-order valence-electron chi connectivity index (χ4n) is 1.86. The lowest BCUT2D eigenvalue weighted by Gasteiger charge is -2.40. The van der Waals surface area contributed by atoms with Gasteiger partial charge in [-0.1, -0.05) is 6.92 Å². The van der Waals surface area contributed by atoms with Crippen LogP contribution in [0.1, 0.15) is 27.2 Å². The van der Waals surface area contributed by atoms with Crippen LogP contribution >= 0.6 is 0 Å². The molecule has 3 heteroatoms. The first-order valence-corrected chi connectivity index (χ1v) is 5.25. The molecule has 2 N–H and O–H groups in total. The molecule has 13 heavy (non-hydrogen) atoms. The summed E-state index contributed by atoms with van der Waals surface area (Å²) in [6.07, 6.45) is 1.15. The minimum atomic E-state index is 0.243. The Morgan fingerprint density at radius 1 is 1.54 bits per heavy atom. The van der Waals surface area contributed by atoms with E-state index in [9.17, 15) is 0 Å². The molecule has 0 aromatic heterocycles. The number of ether oxygens (including phenoxy) is 1. The molecular formula is C10H22N2O. The predicted molar refractivity (Wildman–Crippen MR) is 54.7 cm³/mol. The topological polar surface area (TPSA) is 38.5 Å². The van der Waals surface area contributed by atoms with Gasteiger partial charge in [0.2, 0.25) is 0 Å². The number of hydrogen-bond acceptors (Lipinski definition) is 3. The van der Waals surface area contributed by atoms with Gasteiger partial charge in [0, 0.05) is 24.7 Å². The van der Waals surface area contributed by atoms with Crippen molar-refractivity contribution in [2.24, 2.45) is 5.73 Å². The fraction of sp³-hybridized carbons (Fsp3) is 1.00. The van der Waals surface area contributed by atoms with Gasteiger partial charge in [-0.25, -0.2) is 0 Å². The number of rotatable bonds is 3. The van der Waals surface area contributed by atoms with Crippen molar-refractivity contribution in [3.63, 3.8) is 0 Å². The fourth-order valence-corrected chi connectivity index (χ4v) is 1.86. The van der Waals surface area contributed by atoms with Gasteiger partial charge < -0.3 is 10.5 Å². The highest BCUT2D eigenvalue weighted by Gasteiger charge is 2.27. The Kier molecular flexibility index (Phi) is 4.16. The van der Waals surface area contributed by atoms with Crippen molar-refractivity contribution in [2.75, 3.05) is 19.8 Å². The first kappa shape index (κ1) is 11.0. The molecule has 1 heterocycles. The molecule has 1 aliphatic heterocycles. The largest absolute Gasteiger partial charge is 0.378 e. The minimum Gasteiger partial charge on any atom is -0.378 e. The highest BCUT2D eigenvalue weighted by molar-refractivity contribution is 4.82. The van der Waals surface area contributed by atoms with E-state index in [2.05, 4.69) is 25.7 Å². The lowest BCUT2D eigenvalue weighted by molar-refractivity contribution is -0.0301. The van der Waals surface area contributed by atoms with E-state index in [1.165, 1.54) is 0 Å². The summed E-state index contributed by atoms with van der Waals surface area (Å²) in [4.78, 5) is 2.48. The monoisotopic (exact) mass is 186 g/mol. The van der Waals surface area contributed by atoms with Gasteiger partial charge in [-0.2, -0.15) is 0 Å². The van der Waals surface area contributed by atoms with E-state index in [1.807, 2.05) is 0 Å². The summed E-state index contributed by atoms with van der Waals surface area (Å²) < 4.78 is 5.45. The summed E-state index contributed by atoms with van der Waals surface area (Å²) in [5, 5.41) is 0. The van der Waals surface area contributed by atoms with E-state index < -0.39 is 0 Å². The number of nitrogens with zero attached hydrogens (tertiary/aromatic N) is 1. The third-order valence-electron chi connectivity index (χ3n) is 3.03. The van der Waals surface area contributed by atoms with Gasteiger partial charge in [0.25, 0.3) is 0 Å². The summed E-state index contributed by atoms with van der Waals surface area (Å²) in [5.41, 5.74) is 5.90. The first-order chi connectivity index (χ1) is 6.16. The number of morpholine rings is 1. The zero-order valence-electron chi connectivity index (χ0n) is 8.99. The van der Waals surface area contributed by atoms with Crippen LogP contribution in [-0.2, 0) is 4.74 Å². The highest BCUT2D eigenvalue weighted by atomic mass is 16.5. The van der Waals surface area contributed by atoms with Gasteiger partial charge in [-0.3, -0.25) is 4.90 Å². The van der Waals surface area contributed by atoms with Gasteiger partial charge >= 0.3 is 0 Å². The second-order valence-electron chi connectivity index (χ2n) is 3.97. The van der Waals surface area contributed by atoms with E-state index in [1.54, 1.807) is 0 Å². The van der Waals surface area contributed by atoms with E-state index in [0.29, 0.717) is 12.1 Å². The molecule has 0 saturated carbocycles. The zero-order valence-corrected chi connectivity index (χ0v) is 8.99. The number of nitrogens with two attached hydrogens (primary N) is 1. The molecule has 3 atom stereocenters. The van der Waals surface area contributed by atoms with Crippen molar-refractivity contribution >= 4 is 0 Å². The van der Waals surface area contributed by atoms with Crippen LogP contribution < -0.4 is 5.73 Å². The smallest absolute Gasteiger partial charge is 0.0622 e. The predicted octanol–water partition coefficient (Wildman–Crippen LogP) is 0.833. The SMILES string of the molecule is CCC1COCCN1C(C)C(C)N. The summed E-state index contributed by atoms with van der Waals surface area (Å²) in [6.45, 7) is 9.24. The molecule has 0 bridgehead atoms. The zero-order chi connectivity index (χ0) is 9.84. The van der Waals surface area contributed by atoms with Crippen molar-refractivity contribution in [1.29, 1.82) is 0 Å². The van der Waals surface area contributed by atoms with Crippen LogP contribution in [0.3, 0.4) is 0 Å². The van der Waals surface area contributed by atoms with Gasteiger partial charge in [0.1, 0.15) is 0 Å². The standard InChI is InChI=1S/C10H22N2O/c1-4-10-7-13-6-5-12(10)9(3)8(2)11/h8-10H,4-7,11H2,1-3H3. The molecule has 0 aromatic rings. The normalized spacial score (nSPS) is 30.0. The van der Waals surface area contributed by atoms with Crippen molar-refractivity contribution in [3.8, 4) is 0 Å². The van der Waals surface area contributed by atoms with Crippen molar-refractivity contribution in [3.05, 3.63) is 0 Å². The van der Waals surface area contributed by atoms with Crippen LogP contribution in [0.5, 0.6) is 0 Å². The van der Waals surface area contributed by atoms with E-state index in [-0.39, 0.29) is 6.04 Å². The van der Waals surface area contributed by atoms with Crippen LogP contribution in [0, 0.1) is 0 Å². The average Bonchev–Trinajstić information content (AvgIpc) is 2.16. The molecule has 0 aliphatic carbocycles. The lowest BCUT2D eigenvalue weighted by Crippen LogP contribution is -2.54. The van der Waals surface area contributed by atoms with Gasteiger partial charge in [0.05, 0.1) is 13.2 Å². The summed E-state index contributed by atoms with van der Waals surface area (Å²) in [6, 6.07) is 1.27. The Bertz CT molecular complexity index is 148. The van der Waals surface area contributed by atoms with Gasteiger partial charge in [-0.05, 0) is 20.3 Å². The third-order valence-corrected chi connectivity index (χ3v) is 3.03. The van der Waals surface area contributed by atoms with Gasteiger partial charge in [0.15, 0.2) is 0 Å². The second-order valence-corrected chi connectivity index (χ2v) is 3.97. The Labute approximate surface area is 81.2 Å². The first-order valence-electron chi connectivity index (χ1n) is 5.25. The molecule has 0 aromatic carbocycles. The maximum Gasteiger partial charge on any atom is 0.0622 e. The summed E-state index contributed by atoms with van der Waals surface area (Å²) in [5.74, 6) is 0. The van der Waals surface area contributed by atoms with Crippen molar-refractivity contribution < 1.29 is 4.74 Å². The highest BCUT2D eigenvalue weighted by Crippen LogP contribution is 2.15. The molecule has 0 amide bonds.